The zero-order chi connectivity index (χ0) is 8.27. The maximum Gasteiger partial charge on any atom is 0.0867 e. The predicted molar refractivity (Wildman–Crippen MR) is 44.4 cm³/mol. The van der Waals surface area contributed by atoms with E-state index in [1.807, 2.05) is 6.92 Å². The molecule has 2 heteroatoms. The topological polar surface area (TPSA) is 29.5 Å². The molecule has 0 heterocycles. The molecule has 2 nitrogen and oxygen atoms in total. The van der Waals surface area contributed by atoms with Crippen molar-refractivity contribution >= 4 is 0 Å². The van der Waals surface area contributed by atoms with Crippen LogP contribution in [-0.4, -0.2) is 24.4 Å². The lowest BCUT2D eigenvalue weighted by molar-refractivity contribution is -0.0246. The minimum absolute atomic E-state index is 0.0231. The maximum atomic E-state index is 9.43. The number of hydrogen-bond acceptors (Lipinski definition) is 2. The number of ether oxygens (including phenoxy) is 1. The van der Waals surface area contributed by atoms with Crippen molar-refractivity contribution < 1.29 is 9.84 Å². The van der Waals surface area contributed by atoms with Crippen molar-refractivity contribution in [3.63, 3.8) is 0 Å². The third-order valence-corrected chi connectivity index (χ3v) is 2.36. The Kier molecular flexibility index (Phi) is 3.09. The van der Waals surface area contributed by atoms with E-state index in [1.54, 1.807) is 7.11 Å². The maximum absolute atomic E-state index is 9.43. The summed E-state index contributed by atoms with van der Waals surface area (Å²) in [4.78, 5) is 0. The number of allylic oxidation sites excluding steroid dienone is 1. The van der Waals surface area contributed by atoms with Crippen LogP contribution in [-0.2, 0) is 4.74 Å². The summed E-state index contributed by atoms with van der Waals surface area (Å²) >= 11 is 0. The van der Waals surface area contributed by atoms with Crippen LogP contribution in [0.15, 0.2) is 11.6 Å². The standard InChI is InChI=1S/C9H16O2/c1-3-7-4-5-8(10)9(6-7)11-2/h3,8-10H,4-6H2,1-2H3/b7-3+. The Morgan fingerprint density at radius 2 is 2.36 bits per heavy atom. The Balaban J connectivity index is 2.51. The SMILES string of the molecule is C/C=C1\CCC(O)C(OC)C1. The van der Waals surface area contributed by atoms with Gasteiger partial charge in [-0.3, -0.25) is 0 Å². The van der Waals surface area contributed by atoms with Gasteiger partial charge in [-0.2, -0.15) is 0 Å². The molecule has 0 amide bonds. The fraction of sp³-hybridized carbons (Fsp3) is 0.778. The van der Waals surface area contributed by atoms with E-state index in [2.05, 4.69) is 6.08 Å². The fourth-order valence-electron chi connectivity index (χ4n) is 1.52. The molecule has 1 fully saturated rings. The van der Waals surface area contributed by atoms with Crippen LogP contribution in [0.2, 0.25) is 0 Å². The third-order valence-electron chi connectivity index (χ3n) is 2.36. The first-order valence-corrected chi connectivity index (χ1v) is 4.13. The van der Waals surface area contributed by atoms with E-state index < -0.39 is 0 Å². The van der Waals surface area contributed by atoms with Gasteiger partial charge in [0.1, 0.15) is 0 Å². The van der Waals surface area contributed by atoms with Gasteiger partial charge >= 0.3 is 0 Å². The first kappa shape index (κ1) is 8.75. The second-order valence-corrected chi connectivity index (χ2v) is 3.03. The van der Waals surface area contributed by atoms with Crippen LogP contribution in [0.3, 0.4) is 0 Å². The van der Waals surface area contributed by atoms with Crippen molar-refractivity contribution in [3.05, 3.63) is 11.6 Å². The van der Waals surface area contributed by atoms with Gasteiger partial charge in [0.05, 0.1) is 12.2 Å². The van der Waals surface area contributed by atoms with E-state index in [9.17, 15) is 5.11 Å². The van der Waals surface area contributed by atoms with Crippen LogP contribution in [0.1, 0.15) is 26.2 Å². The molecule has 1 aliphatic carbocycles. The van der Waals surface area contributed by atoms with Crippen LogP contribution in [0.4, 0.5) is 0 Å². The first-order valence-electron chi connectivity index (χ1n) is 4.13. The summed E-state index contributed by atoms with van der Waals surface area (Å²) in [5.74, 6) is 0. The molecule has 1 N–H and O–H groups in total. The van der Waals surface area contributed by atoms with Crippen LogP contribution in [0.5, 0.6) is 0 Å². The summed E-state index contributed by atoms with van der Waals surface area (Å²) in [7, 11) is 1.66. The summed E-state index contributed by atoms with van der Waals surface area (Å²) in [5, 5.41) is 9.43. The quantitative estimate of drug-likeness (QED) is 0.583. The second kappa shape index (κ2) is 3.88. The fourth-order valence-corrected chi connectivity index (χ4v) is 1.52. The normalized spacial score (nSPS) is 36.1. The van der Waals surface area contributed by atoms with Crippen molar-refractivity contribution in [2.75, 3.05) is 7.11 Å². The van der Waals surface area contributed by atoms with E-state index in [-0.39, 0.29) is 12.2 Å². The highest BCUT2D eigenvalue weighted by molar-refractivity contribution is 5.06. The average Bonchev–Trinajstić information content (AvgIpc) is 2.05. The van der Waals surface area contributed by atoms with E-state index in [0.717, 1.165) is 19.3 Å². The molecule has 11 heavy (non-hydrogen) atoms. The molecule has 0 aromatic heterocycles. The van der Waals surface area contributed by atoms with Crippen molar-refractivity contribution in [2.24, 2.45) is 0 Å². The number of aliphatic hydroxyl groups is 1. The number of rotatable bonds is 1. The summed E-state index contributed by atoms with van der Waals surface area (Å²) in [5.41, 5.74) is 1.40. The van der Waals surface area contributed by atoms with E-state index in [0.29, 0.717) is 0 Å². The highest BCUT2D eigenvalue weighted by atomic mass is 16.5. The monoisotopic (exact) mass is 156 g/mol. The second-order valence-electron chi connectivity index (χ2n) is 3.03. The molecule has 0 aromatic carbocycles. The first-order chi connectivity index (χ1) is 5.27. The lowest BCUT2D eigenvalue weighted by Crippen LogP contribution is -2.32. The van der Waals surface area contributed by atoms with Crippen LogP contribution >= 0.6 is 0 Å². The van der Waals surface area contributed by atoms with Crippen molar-refractivity contribution in [2.45, 2.75) is 38.4 Å². The van der Waals surface area contributed by atoms with Gasteiger partial charge in [0.15, 0.2) is 0 Å². The van der Waals surface area contributed by atoms with Crippen LogP contribution in [0.25, 0.3) is 0 Å². The van der Waals surface area contributed by atoms with Gasteiger partial charge in [-0.1, -0.05) is 11.6 Å². The Bertz CT molecular complexity index is 152. The van der Waals surface area contributed by atoms with Gasteiger partial charge in [-0.05, 0) is 26.2 Å². The molecule has 2 atom stereocenters. The molecule has 0 bridgehead atoms. The zero-order valence-electron chi connectivity index (χ0n) is 7.21. The summed E-state index contributed by atoms with van der Waals surface area (Å²) < 4.78 is 5.14. The summed E-state index contributed by atoms with van der Waals surface area (Å²) in [6, 6.07) is 0. The smallest absolute Gasteiger partial charge is 0.0867 e. The largest absolute Gasteiger partial charge is 0.390 e. The minimum Gasteiger partial charge on any atom is -0.390 e. The van der Waals surface area contributed by atoms with Gasteiger partial charge < -0.3 is 9.84 Å². The third kappa shape index (κ3) is 2.04. The van der Waals surface area contributed by atoms with Crippen LogP contribution in [0, 0.1) is 0 Å². The van der Waals surface area contributed by atoms with Gasteiger partial charge in [-0.25, -0.2) is 0 Å². The van der Waals surface area contributed by atoms with Crippen molar-refractivity contribution in [3.8, 4) is 0 Å². The van der Waals surface area contributed by atoms with Crippen LogP contribution < -0.4 is 0 Å². The molecule has 1 saturated carbocycles. The van der Waals surface area contributed by atoms with Gasteiger partial charge in [0, 0.05) is 7.11 Å². The highest BCUT2D eigenvalue weighted by Crippen LogP contribution is 2.25. The molecule has 0 saturated heterocycles. The molecule has 0 aromatic rings. The van der Waals surface area contributed by atoms with Crippen molar-refractivity contribution in [1.29, 1.82) is 0 Å². The average molecular weight is 156 g/mol. The van der Waals surface area contributed by atoms with Crippen molar-refractivity contribution in [1.82, 2.24) is 0 Å². The summed E-state index contributed by atoms with van der Waals surface area (Å²) in [6.45, 7) is 2.04. The molecular formula is C9H16O2. The Hall–Kier alpha value is -0.340. The molecule has 2 unspecified atom stereocenters. The molecule has 0 radical (unpaired) electrons. The lowest BCUT2D eigenvalue weighted by atomic mass is 9.90. The Morgan fingerprint density at radius 3 is 2.91 bits per heavy atom. The molecule has 0 aliphatic heterocycles. The molecule has 64 valence electrons. The highest BCUT2D eigenvalue weighted by Gasteiger charge is 2.24. The zero-order valence-corrected chi connectivity index (χ0v) is 7.21. The molecular weight excluding hydrogens is 140 g/mol. The van der Waals surface area contributed by atoms with Gasteiger partial charge in [0.25, 0.3) is 0 Å². The van der Waals surface area contributed by atoms with Gasteiger partial charge in [-0.15, -0.1) is 0 Å². The van der Waals surface area contributed by atoms with E-state index in [1.165, 1.54) is 5.57 Å². The summed E-state index contributed by atoms with van der Waals surface area (Å²) in [6.07, 6.45) is 4.65. The van der Waals surface area contributed by atoms with E-state index >= 15 is 0 Å². The number of hydrogen-bond donors (Lipinski definition) is 1. The predicted octanol–water partition coefficient (Wildman–Crippen LogP) is 1.49. The molecule has 0 spiro atoms. The Morgan fingerprint density at radius 1 is 1.64 bits per heavy atom. The number of methoxy groups -OCH3 is 1. The minimum atomic E-state index is -0.260. The lowest BCUT2D eigenvalue weighted by Gasteiger charge is -2.28. The number of aliphatic hydroxyl groups excluding tert-OH is 1. The molecule has 1 aliphatic rings. The van der Waals surface area contributed by atoms with Gasteiger partial charge in [0.2, 0.25) is 0 Å². The van der Waals surface area contributed by atoms with E-state index in [4.69, 9.17) is 4.74 Å². The Labute approximate surface area is 67.9 Å². The molecule has 1 rings (SSSR count).